The summed E-state index contributed by atoms with van der Waals surface area (Å²) in [5.74, 6) is -0.247. The maximum atomic E-state index is 13.6. The summed E-state index contributed by atoms with van der Waals surface area (Å²) in [6, 6.07) is 20.7. The molecule has 0 atom stereocenters. The first kappa shape index (κ1) is 22.9. The predicted octanol–water partition coefficient (Wildman–Crippen LogP) is 7.78. The Bertz CT molecular complexity index is 1430. The van der Waals surface area contributed by atoms with Crippen molar-refractivity contribution in [2.24, 2.45) is 10.2 Å². The molecule has 176 valence electrons. The predicted molar refractivity (Wildman–Crippen MR) is 128 cm³/mol. The molecule has 0 radical (unpaired) electrons. The number of carbonyl (C=O) groups is 1. The number of halogens is 4. The van der Waals surface area contributed by atoms with Gasteiger partial charge >= 0.3 is 6.18 Å². The zero-order valence-corrected chi connectivity index (χ0v) is 19.0. The van der Waals surface area contributed by atoms with E-state index < -0.39 is 11.7 Å². The number of aromatic nitrogens is 1. The molecule has 0 unspecified atom stereocenters. The fourth-order valence-electron chi connectivity index (χ4n) is 3.98. The molecular weight excluding hydrogens is 477 g/mol. The maximum Gasteiger partial charge on any atom is 0.416 e. The summed E-state index contributed by atoms with van der Waals surface area (Å²) in [6.07, 6.45) is -2.42. The number of benzene rings is 3. The molecule has 1 aliphatic heterocycles. The third-order valence-corrected chi connectivity index (χ3v) is 6.08. The highest BCUT2D eigenvalue weighted by Gasteiger charge is 2.30. The highest BCUT2D eigenvalue weighted by Crippen LogP contribution is 2.33. The standard InChI is InChI=1S/C26H18ClF3N4O/c27-23-14-20(32-31-19-9-7-18(8-10-19)26(28,29)30)11-12-22(23)25(35)34-16-21-5-3-13-33(21)15-17-4-1-2-6-24(17)34/h1-14H,15-16H2. The first-order chi connectivity index (χ1) is 16.8. The molecule has 9 heteroatoms. The number of azo groups is 1. The lowest BCUT2D eigenvalue weighted by atomic mass is 10.1. The van der Waals surface area contributed by atoms with E-state index in [0.717, 1.165) is 29.1 Å². The molecule has 0 saturated heterocycles. The van der Waals surface area contributed by atoms with Crippen LogP contribution >= 0.6 is 11.6 Å². The van der Waals surface area contributed by atoms with Crippen molar-refractivity contribution in [3.63, 3.8) is 0 Å². The number of hydrogen-bond donors (Lipinski definition) is 0. The van der Waals surface area contributed by atoms with Gasteiger partial charge in [0.1, 0.15) is 0 Å². The summed E-state index contributed by atoms with van der Waals surface area (Å²) in [5.41, 5.74) is 3.04. The third-order valence-electron chi connectivity index (χ3n) is 5.77. The van der Waals surface area contributed by atoms with Crippen molar-refractivity contribution in [1.29, 1.82) is 0 Å². The molecule has 3 aromatic carbocycles. The van der Waals surface area contributed by atoms with Gasteiger partial charge in [-0.2, -0.15) is 23.4 Å². The Balaban J connectivity index is 1.40. The molecule has 2 heterocycles. The highest BCUT2D eigenvalue weighted by atomic mass is 35.5. The lowest BCUT2D eigenvalue weighted by molar-refractivity contribution is -0.137. The van der Waals surface area contributed by atoms with Crippen LogP contribution in [0, 0.1) is 0 Å². The van der Waals surface area contributed by atoms with Gasteiger partial charge in [0, 0.05) is 24.1 Å². The van der Waals surface area contributed by atoms with Crippen LogP contribution in [0.25, 0.3) is 0 Å². The van der Waals surface area contributed by atoms with E-state index in [9.17, 15) is 18.0 Å². The van der Waals surface area contributed by atoms with Crippen molar-refractivity contribution in [3.05, 3.63) is 112 Å². The number of fused-ring (bicyclic) bond motifs is 2. The molecule has 0 aliphatic carbocycles. The van der Waals surface area contributed by atoms with Crippen molar-refractivity contribution in [2.45, 2.75) is 19.3 Å². The van der Waals surface area contributed by atoms with Gasteiger partial charge in [-0.15, -0.1) is 0 Å². The lowest BCUT2D eigenvalue weighted by Gasteiger charge is -2.23. The topological polar surface area (TPSA) is 50.0 Å². The van der Waals surface area contributed by atoms with Crippen LogP contribution < -0.4 is 4.90 Å². The average molecular weight is 495 g/mol. The van der Waals surface area contributed by atoms with Crippen molar-refractivity contribution in [1.82, 2.24) is 4.57 Å². The fraction of sp³-hybridized carbons (Fsp3) is 0.115. The Labute approximate surface area is 204 Å². The first-order valence-corrected chi connectivity index (χ1v) is 11.1. The summed E-state index contributed by atoms with van der Waals surface area (Å²) in [5, 5.41) is 8.22. The smallest absolute Gasteiger partial charge is 0.345 e. The number of nitrogens with zero attached hydrogens (tertiary/aromatic N) is 4. The van der Waals surface area contributed by atoms with Crippen LogP contribution in [0.5, 0.6) is 0 Å². The Morgan fingerprint density at radius 1 is 0.857 bits per heavy atom. The van der Waals surface area contributed by atoms with Gasteiger partial charge in [0.25, 0.3) is 5.91 Å². The average Bonchev–Trinajstić information content (AvgIpc) is 3.21. The molecular formula is C26H18ClF3N4O. The fourth-order valence-corrected chi connectivity index (χ4v) is 4.24. The third kappa shape index (κ3) is 4.70. The summed E-state index contributed by atoms with van der Waals surface area (Å²) in [4.78, 5) is 15.3. The van der Waals surface area contributed by atoms with Crippen LogP contribution in [0.2, 0.25) is 5.02 Å². The molecule has 0 bridgehead atoms. The largest absolute Gasteiger partial charge is 0.416 e. The van der Waals surface area contributed by atoms with E-state index >= 15 is 0 Å². The molecule has 4 aromatic rings. The zero-order valence-electron chi connectivity index (χ0n) is 18.2. The number of anilines is 1. The molecule has 0 N–H and O–H groups in total. The van der Waals surface area contributed by atoms with Crippen LogP contribution in [0.4, 0.5) is 30.2 Å². The molecule has 1 aromatic heterocycles. The van der Waals surface area contributed by atoms with Gasteiger partial charge in [-0.05, 0) is 66.2 Å². The van der Waals surface area contributed by atoms with Crippen LogP contribution in [0.15, 0.2) is 95.3 Å². The molecule has 35 heavy (non-hydrogen) atoms. The van der Waals surface area contributed by atoms with Gasteiger partial charge in [-0.1, -0.05) is 29.8 Å². The van der Waals surface area contributed by atoms with Crippen molar-refractivity contribution in [3.8, 4) is 0 Å². The molecule has 0 spiro atoms. The second-order valence-corrected chi connectivity index (χ2v) is 8.46. The van der Waals surface area contributed by atoms with Gasteiger partial charge < -0.3 is 9.47 Å². The first-order valence-electron chi connectivity index (χ1n) is 10.7. The van der Waals surface area contributed by atoms with Gasteiger partial charge in [-0.25, -0.2) is 0 Å². The Hall–Kier alpha value is -3.91. The van der Waals surface area contributed by atoms with Crippen molar-refractivity contribution < 1.29 is 18.0 Å². The van der Waals surface area contributed by atoms with Crippen LogP contribution in [-0.4, -0.2) is 10.5 Å². The second kappa shape index (κ2) is 9.03. The monoisotopic (exact) mass is 494 g/mol. The molecule has 5 rings (SSSR count). The number of amides is 1. The van der Waals surface area contributed by atoms with Gasteiger partial charge in [0.2, 0.25) is 0 Å². The lowest BCUT2D eigenvalue weighted by Crippen LogP contribution is -2.30. The van der Waals surface area contributed by atoms with Gasteiger partial charge in [-0.3, -0.25) is 4.79 Å². The number of carbonyl (C=O) groups excluding carboxylic acids is 1. The van der Waals surface area contributed by atoms with Crippen LogP contribution in [0.1, 0.15) is 27.2 Å². The Morgan fingerprint density at radius 2 is 1.57 bits per heavy atom. The van der Waals surface area contributed by atoms with Crippen LogP contribution in [0.3, 0.4) is 0 Å². The zero-order chi connectivity index (χ0) is 24.6. The normalized spacial score (nSPS) is 13.4. The molecule has 1 amide bonds. The van der Waals surface area contributed by atoms with E-state index in [1.807, 2.05) is 42.6 Å². The minimum Gasteiger partial charge on any atom is -0.345 e. The number of para-hydroxylation sites is 1. The summed E-state index contributed by atoms with van der Waals surface area (Å²) in [6.45, 7) is 1.06. The highest BCUT2D eigenvalue weighted by molar-refractivity contribution is 6.34. The summed E-state index contributed by atoms with van der Waals surface area (Å²) < 4.78 is 40.2. The molecule has 0 fully saturated rings. The SMILES string of the molecule is O=C(c1ccc(N=Nc2ccc(C(F)(F)F)cc2)cc1Cl)N1Cc2cccn2Cc2ccccc21. The number of hydrogen-bond acceptors (Lipinski definition) is 3. The minimum atomic E-state index is -4.41. The maximum absolute atomic E-state index is 13.6. The summed E-state index contributed by atoms with van der Waals surface area (Å²) >= 11 is 6.46. The number of rotatable bonds is 3. The number of alkyl halides is 3. The van der Waals surface area contributed by atoms with Crippen molar-refractivity contribution >= 4 is 34.6 Å². The Morgan fingerprint density at radius 3 is 2.31 bits per heavy atom. The van der Waals surface area contributed by atoms with E-state index in [-0.39, 0.29) is 16.6 Å². The molecule has 0 saturated carbocycles. The van der Waals surface area contributed by atoms with Crippen LogP contribution in [-0.2, 0) is 19.3 Å². The van der Waals surface area contributed by atoms with Gasteiger partial charge in [0.15, 0.2) is 0 Å². The summed E-state index contributed by atoms with van der Waals surface area (Å²) in [7, 11) is 0. The van der Waals surface area contributed by atoms with E-state index in [4.69, 9.17) is 11.6 Å². The second-order valence-electron chi connectivity index (χ2n) is 8.06. The quantitative estimate of drug-likeness (QED) is 0.268. The van der Waals surface area contributed by atoms with E-state index in [0.29, 0.717) is 24.3 Å². The van der Waals surface area contributed by atoms with E-state index in [1.54, 1.807) is 17.0 Å². The molecule has 1 aliphatic rings. The minimum absolute atomic E-state index is 0.205. The van der Waals surface area contributed by atoms with Crippen molar-refractivity contribution in [2.75, 3.05) is 4.90 Å². The van der Waals surface area contributed by atoms with E-state index in [2.05, 4.69) is 14.8 Å². The Kier molecular flexibility index (Phi) is 5.90. The molecule has 5 nitrogen and oxygen atoms in total. The van der Waals surface area contributed by atoms with Gasteiger partial charge in [0.05, 0.1) is 34.1 Å². The van der Waals surface area contributed by atoms with E-state index in [1.165, 1.54) is 18.2 Å².